The van der Waals surface area contributed by atoms with E-state index in [1.54, 1.807) is 6.20 Å². The average molecular weight is 611 g/mol. The average Bonchev–Trinajstić information content (AvgIpc) is 2.97. The molecule has 0 amide bonds. The second kappa shape index (κ2) is 26.5. The third kappa shape index (κ3) is 16.7. The molecular formula is C36H68NO6+. The smallest absolute Gasteiger partial charge is 0.363 e. The van der Waals surface area contributed by atoms with Gasteiger partial charge < -0.3 is 15.3 Å². The van der Waals surface area contributed by atoms with Gasteiger partial charge in [0.15, 0.2) is 18.1 Å². The lowest BCUT2D eigenvalue weighted by Crippen LogP contribution is -2.69. The van der Waals surface area contributed by atoms with E-state index >= 15 is 0 Å². The normalized spacial score (nSPS) is 15.3. The zero-order valence-electron chi connectivity index (χ0n) is 28.4. The van der Waals surface area contributed by atoms with Crippen molar-refractivity contribution in [1.29, 1.82) is 0 Å². The van der Waals surface area contributed by atoms with Crippen LogP contribution < -0.4 is 0 Å². The molecule has 0 saturated carbocycles. The van der Waals surface area contributed by atoms with Gasteiger partial charge in [0.2, 0.25) is 0 Å². The monoisotopic (exact) mass is 611 g/mol. The first-order chi connectivity index (χ1) is 20.7. The number of carboxylic acid groups (broad SMARTS) is 3. The third-order valence-electron chi connectivity index (χ3n) is 9.00. The van der Waals surface area contributed by atoms with Crippen molar-refractivity contribution >= 4 is 17.9 Å². The lowest BCUT2D eigenvalue weighted by Gasteiger charge is -2.47. The molecule has 0 fully saturated rings. The van der Waals surface area contributed by atoms with Gasteiger partial charge in [0, 0.05) is 19.3 Å². The molecule has 3 atom stereocenters. The minimum atomic E-state index is -1.13. The van der Waals surface area contributed by atoms with Crippen LogP contribution in [0.3, 0.4) is 0 Å². The summed E-state index contributed by atoms with van der Waals surface area (Å²) in [7, 11) is 0. The SMILES string of the molecule is CCCCCCCCCCCCCCCCCCC/C=C/[N+](C(CCC)C(=O)O)(C(CCC)C(=O)O)C(CCC)C(=O)O. The van der Waals surface area contributed by atoms with Crippen molar-refractivity contribution in [3.8, 4) is 0 Å². The maximum atomic E-state index is 12.6. The first-order valence-corrected chi connectivity index (χ1v) is 18.0. The molecule has 7 nitrogen and oxygen atoms in total. The van der Waals surface area contributed by atoms with Crippen LogP contribution in [0.5, 0.6) is 0 Å². The fraction of sp³-hybridized carbons (Fsp3) is 0.861. The van der Waals surface area contributed by atoms with Gasteiger partial charge in [0.1, 0.15) is 0 Å². The second-order valence-electron chi connectivity index (χ2n) is 12.7. The number of hydrogen-bond acceptors (Lipinski definition) is 3. The number of nitrogens with zero attached hydrogens (tertiary/aromatic N) is 1. The lowest BCUT2D eigenvalue weighted by atomic mass is 9.93. The molecule has 43 heavy (non-hydrogen) atoms. The molecule has 0 aromatic heterocycles. The predicted molar refractivity (Wildman–Crippen MR) is 177 cm³/mol. The summed E-state index contributed by atoms with van der Waals surface area (Å²) in [6.07, 6.45) is 28.5. The van der Waals surface area contributed by atoms with Gasteiger partial charge in [-0.1, -0.05) is 130 Å². The molecule has 0 aromatic rings. The summed E-state index contributed by atoms with van der Waals surface area (Å²) >= 11 is 0. The third-order valence-corrected chi connectivity index (χ3v) is 9.00. The number of carboxylic acids is 3. The molecule has 0 radical (unpaired) electrons. The standard InChI is InChI=1S/C36H67NO6/c1-5-9-10-11-12-13-14-15-16-17-18-19-20-21-22-23-24-25-26-30-37(31(27-6-2)34(38)39,32(28-7-3)35(40)41)33(29-8-4)36(42)43/h26,30-33H,5-25,27-29H2,1-4H3,(H2-,38,39,40,41,42,43)/p+1/b30-26+. The minimum absolute atomic E-state index is 0.222. The van der Waals surface area contributed by atoms with Crippen LogP contribution in [0.15, 0.2) is 12.3 Å². The Balaban J connectivity index is 4.91. The molecular weight excluding hydrogens is 542 g/mol. The van der Waals surface area contributed by atoms with Crippen molar-refractivity contribution in [2.24, 2.45) is 0 Å². The highest BCUT2D eigenvalue weighted by Gasteiger charge is 2.56. The highest BCUT2D eigenvalue weighted by atomic mass is 16.4. The largest absolute Gasteiger partial charge is 0.477 e. The van der Waals surface area contributed by atoms with Crippen molar-refractivity contribution in [2.75, 3.05) is 0 Å². The maximum absolute atomic E-state index is 12.6. The lowest BCUT2D eigenvalue weighted by molar-refractivity contribution is -0.928. The van der Waals surface area contributed by atoms with Crippen LogP contribution in [-0.4, -0.2) is 55.8 Å². The zero-order valence-corrected chi connectivity index (χ0v) is 28.4. The molecule has 3 N–H and O–H groups in total. The molecule has 0 aromatic carbocycles. The number of aliphatic carboxylic acids is 3. The van der Waals surface area contributed by atoms with Gasteiger partial charge in [-0.05, 0) is 38.2 Å². The van der Waals surface area contributed by atoms with Gasteiger partial charge in [-0.15, -0.1) is 0 Å². The van der Waals surface area contributed by atoms with E-state index < -0.39 is 40.5 Å². The summed E-state index contributed by atoms with van der Waals surface area (Å²) < 4.78 is -0.547. The number of carbonyl (C=O) groups is 3. The highest BCUT2D eigenvalue weighted by Crippen LogP contribution is 2.34. The Labute approximate surface area is 264 Å². The van der Waals surface area contributed by atoms with Gasteiger partial charge in [0.05, 0.1) is 6.20 Å². The van der Waals surface area contributed by atoms with Crippen LogP contribution in [0, 0.1) is 0 Å². The fourth-order valence-electron chi connectivity index (χ4n) is 6.64. The number of allylic oxidation sites excluding steroid dienone is 1. The number of quaternary nitrogens is 1. The number of hydrogen-bond donors (Lipinski definition) is 3. The van der Waals surface area contributed by atoms with E-state index in [1.807, 2.05) is 26.8 Å². The molecule has 0 aliphatic heterocycles. The number of rotatable bonds is 31. The van der Waals surface area contributed by atoms with E-state index in [0.29, 0.717) is 25.7 Å². The first kappa shape index (κ1) is 41.1. The number of unbranched alkanes of at least 4 members (excludes halogenated alkanes) is 17. The molecule has 3 unspecified atom stereocenters. The Morgan fingerprint density at radius 2 is 0.744 bits per heavy atom. The molecule has 0 aliphatic carbocycles. The minimum Gasteiger partial charge on any atom is -0.477 e. The van der Waals surface area contributed by atoms with Crippen molar-refractivity contribution in [2.45, 2.75) is 200 Å². The van der Waals surface area contributed by atoms with E-state index in [2.05, 4.69) is 6.92 Å². The van der Waals surface area contributed by atoms with Crippen LogP contribution in [0.25, 0.3) is 0 Å². The summed E-state index contributed by atoms with van der Waals surface area (Å²) in [6.45, 7) is 7.84. The Kier molecular flexibility index (Phi) is 25.3. The molecule has 0 spiro atoms. The van der Waals surface area contributed by atoms with Crippen LogP contribution in [0.1, 0.15) is 182 Å². The quantitative estimate of drug-likeness (QED) is 0.0532. The summed E-state index contributed by atoms with van der Waals surface area (Å²) in [6, 6.07) is -3.38. The van der Waals surface area contributed by atoms with Crippen molar-refractivity contribution in [3.05, 3.63) is 12.3 Å². The Hall–Kier alpha value is -1.89. The molecule has 7 heteroatoms. The molecule has 0 saturated heterocycles. The van der Waals surface area contributed by atoms with Gasteiger partial charge in [-0.2, -0.15) is 0 Å². The van der Waals surface area contributed by atoms with Gasteiger partial charge in [0.25, 0.3) is 0 Å². The summed E-state index contributed by atoms with van der Waals surface area (Å²) in [5.41, 5.74) is 0. The Bertz CT molecular complexity index is 692. The second-order valence-corrected chi connectivity index (χ2v) is 12.7. The molecule has 0 heterocycles. The first-order valence-electron chi connectivity index (χ1n) is 18.0. The van der Waals surface area contributed by atoms with Crippen molar-refractivity contribution in [1.82, 2.24) is 0 Å². The van der Waals surface area contributed by atoms with Crippen LogP contribution in [0.4, 0.5) is 0 Å². The summed E-state index contributed by atoms with van der Waals surface area (Å²) in [4.78, 5) is 37.7. The van der Waals surface area contributed by atoms with Crippen molar-refractivity contribution < 1.29 is 34.2 Å². The highest BCUT2D eigenvalue weighted by molar-refractivity contribution is 5.78. The van der Waals surface area contributed by atoms with Crippen molar-refractivity contribution in [3.63, 3.8) is 0 Å². The topological polar surface area (TPSA) is 112 Å². The van der Waals surface area contributed by atoms with E-state index in [4.69, 9.17) is 0 Å². The van der Waals surface area contributed by atoms with E-state index in [-0.39, 0.29) is 19.3 Å². The van der Waals surface area contributed by atoms with Crippen LogP contribution in [0.2, 0.25) is 0 Å². The predicted octanol–water partition coefficient (Wildman–Crippen LogP) is 10.1. The van der Waals surface area contributed by atoms with Gasteiger partial charge >= 0.3 is 17.9 Å². The molecule has 252 valence electrons. The Morgan fingerprint density at radius 3 is 1.00 bits per heavy atom. The summed E-state index contributed by atoms with van der Waals surface area (Å²) in [5, 5.41) is 30.8. The van der Waals surface area contributed by atoms with Gasteiger partial charge in [-0.3, -0.25) is 4.48 Å². The maximum Gasteiger partial charge on any atom is 0.363 e. The van der Waals surface area contributed by atoms with Crippen LogP contribution >= 0.6 is 0 Å². The van der Waals surface area contributed by atoms with E-state index in [1.165, 1.54) is 89.9 Å². The molecule has 0 rings (SSSR count). The molecule has 0 bridgehead atoms. The fourth-order valence-corrected chi connectivity index (χ4v) is 6.64. The van der Waals surface area contributed by atoms with Crippen LogP contribution in [-0.2, 0) is 14.4 Å². The zero-order chi connectivity index (χ0) is 32.3. The molecule has 0 aliphatic rings. The van der Waals surface area contributed by atoms with E-state index in [9.17, 15) is 29.7 Å². The van der Waals surface area contributed by atoms with Gasteiger partial charge in [-0.25, -0.2) is 14.4 Å². The van der Waals surface area contributed by atoms with E-state index in [0.717, 1.165) is 19.3 Å². The summed E-state index contributed by atoms with van der Waals surface area (Å²) in [5.74, 6) is -3.39. The Morgan fingerprint density at radius 1 is 0.465 bits per heavy atom.